The van der Waals surface area contributed by atoms with Crippen LogP contribution < -0.4 is 0 Å². The van der Waals surface area contributed by atoms with Gasteiger partial charge in [-0.25, -0.2) is 4.79 Å². The number of hydrogen-bond donors (Lipinski definition) is 0. The first-order chi connectivity index (χ1) is 8.36. The van der Waals surface area contributed by atoms with E-state index in [4.69, 9.17) is 4.74 Å². The second-order valence-corrected chi connectivity index (χ2v) is 4.54. The fraction of sp³-hybridized carbons (Fsp3) is 0.417. The summed E-state index contributed by atoms with van der Waals surface area (Å²) in [6.07, 6.45) is -2.96. The predicted octanol–water partition coefficient (Wildman–Crippen LogP) is 4.42. The maximum Gasteiger partial charge on any atom is 0.417 e. The molecule has 0 N–H and O–H groups in total. The zero-order valence-corrected chi connectivity index (χ0v) is 11.3. The summed E-state index contributed by atoms with van der Waals surface area (Å²) in [6.45, 7) is 2.14. The summed E-state index contributed by atoms with van der Waals surface area (Å²) < 4.78 is 42.6. The molecule has 18 heavy (non-hydrogen) atoms. The lowest BCUT2D eigenvalue weighted by Crippen LogP contribution is -2.11. The minimum atomic E-state index is -4.50. The van der Waals surface area contributed by atoms with E-state index < -0.39 is 17.7 Å². The van der Waals surface area contributed by atoms with Crippen molar-refractivity contribution in [3.8, 4) is 0 Å². The average Bonchev–Trinajstić information content (AvgIpc) is 2.28. The summed E-state index contributed by atoms with van der Waals surface area (Å²) in [7, 11) is 0. The minimum absolute atomic E-state index is 0.0957. The number of rotatable bonds is 4. The van der Waals surface area contributed by atoms with Crippen LogP contribution in [0.3, 0.4) is 0 Å². The van der Waals surface area contributed by atoms with Crippen molar-refractivity contribution in [2.75, 3.05) is 6.61 Å². The van der Waals surface area contributed by atoms with E-state index in [1.54, 1.807) is 0 Å². The number of hydrogen-bond acceptors (Lipinski definition) is 2. The average molecular weight is 325 g/mol. The van der Waals surface area contributed by atoms with Crippen LogP contribution in [0.1, 0.15) is 35.7 Å². The van der Waals surface area contributed by atoms with Crippen LogP contribution in [-0.2, 0) is 10.9 Å². The number of halogens is 4. The first kappa shape index (κ1) is 15.0. The molecule has 2 nitrogen and oxygen atoms in total. The van der Waals surface area contributed by atoms with E-state index in [-0.39, 0.29) is 16.6 Å². The molecule has 0 spiro atoms. The Kier molecular flexibility index (Phi) is 5.19. The van der Waals surface area contributed by atoms with Gasteiger partial charge in [0.1, 0.15) is 0 Å². The smallest absolute Gasteiger partial charge is 0.417 e. The van der Waals surface area contributed by atoms with Crippen LogP contribution in [0.15, 0.2) is 22.7 Å². The number of alkyl halides is 3. The third-order valence-corrected chi connectivity index (χ3v) is 2.93. The van der Waals surface area contributed by atoms with E-state index in [0.717, 1.165) is 12.5 Å². The quantitative estimate of drug-likeness (QED) is 0.605. The Hall–Kier alpha value is -1.04. The number of carbonyl (C=O) groups excluding carboxylic acids is 1. The van der Waals surface area contributed by atoms with Crippen molar-refractivity contribution in [3.63, 3.8) is 0 Å². The molecule has 0 saturated carbocycles. The highest BCUT2D eigenvalue weighted by molar-refractivity contribution is 9.10. The number of ether oxygens (including phenoxy) is 1. The highest BCUT2D eigenvalue weighted by Gasteiger charge is 2.33. The largest absolute Gasteiger partial charge is 0.462 e. The van der Waals surface area contributed by atoms with E-state index in [2.05, 4.69) is 15.9 Å². The van der Waals surface area contributed by atoms with E-state index in [1.807, 2.05) is 6.92 Å². The Bertz CT molecular complexity index is 430. The molecule has 0 aliphatic heterocycles. The molecule has 0 aliphatic carbocycles. The van der Waals surface area contributed by atoms with Gasteiger partial charge in [0.25, 0.3) is 0 Å². The lowest BCUT2D eigenvalue weighted by atomic mass is 10.1. The monoisotopic (exact) mass is 324 g/mol. The Balaban J connectivity index is 2.88. The van der Waals surface area contributed by atoms with Gasteiger partial charge in [-0.3, -0.25) is 0 Å². The predicted molar refractivity (Wildman–Crippen MR) is 64.3 cm³/mol. The molecule has 1 aromatic carbocycles. The molecule has 100 valence electrons. The molecule has 0 heterocycles. The van der Waals surface area contributed by atoms with Crippen LogP contribution in [-0.4, -0.2) is 12.6 Å². The Morgan fingerprint density at radius 1 is 1.39 bits per heavy atom. The molecule has 0 atom stereocenters. The van der Waals surface area contributed by atoms with E-state index in [9.17, 15) is 18.0 Å². The van der Waals surface area contributed by atoms with Crippen LogP contribution in [0.5, 0.6) is 0 Å². The van der Waals surface area contributed by atoms with Crippen LogP contribution in [0, 0.1) is 0 Å². The zero-order chi connectivity index (χ0) is 13.8. The summed E-state index contributed by atoms with van der Waals surface area (Å²) in [4.78, 5) is 11.5. The molecule has 0 saturated heterocycles. The molecular weight excluding hydrogens is 313 g/mol. The van der Waals surface area contributed by atoms with Gasteiger partial charge < -0.3 is 4.74 Å². The molecule has 1 rings (SSSR count). The lowest BCUT2D eigenvalue weighted by molar-refractivity contribution is -0.138. The second-order valence-electron chi connectivity index (χ2n) is 3.68. The number of benzene rings is 1. The summed E-state index contributed by atoms with van der Waals surface area (Å²) in [5, 5.41) is 0. The normalized spacial score (nSPS) is 11.4. The maximum atomic E-state index is 12.6. The van der Waals surface area contributed by atoms with Gasteiger partial charge in [-0.2, -0.15) is 13.2 Å². The standard InChI is InChI=1S/C12H12BrF3O2/c1-2-3-6-18-11(17)8-4-5-10(13)9(7-8)12(14,15)16/h4-5,7H,2-3,6H2,1H3. The topological polar surface area (TPSA) is 26.3 Å². The van der Waals surface area contributed by atoms with Crippen LogP contribution in [0.25, 0.3) is 0 Å². The van der Waals surface area contributed by atoms with Gasteiger partial charge in [0.15, 0.2) is 0 Å². The molecule has 1 aromatic rings. The fourth-order valence-electron chi connectivity index (χ4n) is 1.26. The van der Waals surface area contributed by atoms with Gasteiger partial charge in [-0.15, -0.1) is 0 Å². The van der Waals surface area contributed by atoms with Crippen molar-refractivity contribution >= 4 is 21.9 Å². The molecule has 0 unspecified atom stereocenters. The zero-order valence-electron chi connectivity index (χ0n) is 9.68. The van der Waals surface area contributed by atoms with Gasteiger partial charge >= 0.3 is 12.1 Å². The molecule has 0 aliphatic rings. The molecule has 0 amide bonds. The Morgan fingerprint density at radius 3 is 2.61 bits per heavy atom. The molecule has 0 fully saturated rings. The van der Waals surface area contributed by atoms with Gasteiger partial charge in [0.2, 0.25) is 0 Å². The SMILES string of the molecule is CCCCOC(=O)c1ccc(Br)c(C(F)(F)F)c1. The third-order valence-electron chi connectivity index (χ3n) is 2.24. The third kappa shape index (κ3) is 4.01. The number of unbranched alkanes of at least 4 members (excludes halogenated alkanes) is 1. The molecule has 0 bridgehead atoms. The van der Waals surface area contributed by atoms with Crippen molar-refractivity contribution in [2.45, 2.75) is 25.9 Å². The van der Waals surface area contributed by atoms with Crippen molar-refractivity contribution in [2.24, 2.45) is 0 Å². The van der Waals surface area contributed by atoms with E-state index in [0.29, 0.717) is 6.42 Å². The highest BCUT2D eigenvalue weighted by atomic mass is 79.9. The summed E-state index contributed by atoms with van der Waals surface area (Å²) in [6, 6.07) is 3.28. The maximum absolute atomic E-state index is 12.6. The second kappa shape index (κ2) is 6.22. The Morgan fingerprint density at radius 2 is 2.06 bits per heavy atom. The molecule has 6 heteroatoms. The minimum Gasteiger partial charge on any atom is -0.462 e. The summed E-state index contributed by atoms with van der Waals surface area (Å²) >= 11 is 2.81. The van der Waals surface area contributed by atoms with Gasteiger partial charge in [-0.05, 0) is 24.6 Å². The van der Waals surface area contributed by atoms with Gasteiger partial charge in [-0.1, -0.05) is 29.3 Å². The van der Waals surface area contributed by atoms with E-state index in [1.165, 1.54) is 12.1 Å². The van der Waals surface area contributed by atoms with Crippen LogP contribution >= 0.6 is 15.9 Å². The number of esters is 1. The molecule has 0 aromatic heterocycles. The first-order valence-electron chi connectivity index (χ1n) is 5.40. The fourth-order valence-corrected chi connectivity index (χ4v) is 1.73. The molecular formula is C12H12BrF3O2. The van der Waals surface area contributed by atoms with Crippen LogP contribution in [0.2, 0.25) is 0 Å². The van der Waals surface area contributed by atoms with E-state index >= 15 is 0 Å². The summed E-state index contributed by atoms with van der Waals surface area (Å²) in [5.41, 5.74) is -0.978. The first-order valence-corrected chi connectivity index (χ1v) is 6.19. The van der Waals surface area contributed by atoms with Crippen molar-refractivity contribution in [3.05, 3.63) is 33.8 Å². The van der Waals surface area contributed by atoms with Crippen LogP contribution in [0.4, 0.5) is 13.2 Å². The van der Waals surface area contributed by atoms with Gasteiger partial charge in [0, 0.05) is 4.47 Å². The van der Waals surface area contributed by atoms with Crippen molar-refractivity contribution in [1.29, 1.82) is 0 Å². The van der Waals surface area contributed by atoms with Crippen molar-refractivity contribution in [1.82, 2.24) is 0 Å². The lowest BCUT2D eigenvalue weighted by Gasteiger charge is -2.10. The summed E-state index contributed by atoms with van der Waals surface area (Å²) in [5.74, 6) is -0.735. The number of carbonyl (C=O) groups is 1. The highest BCUT2D eigenvalue weighted by Crippen LogP contribution is 2.35. The Labute approximate surface area is 111 Å². The van der Waals surface area contributed by atoms with Gasteiger partial charge in [0.05, 0.1) is 17.7 Å². The van der Waals surface area contributed by atoms with Crippen molar-refractivity contribution < 1.29 is 22.7 Å². The molecule has 0 radical (unpaired) electrons.